The van der Waals surface area contributed by atoms with Gasteiger partial charge in [0.05, 0.1) is 11.6 Å². The highest BCUT2D eigenvalue weighted by atomic mass is 35.5. The number of carbonyl (C=O) groups excluding carboxylic acids is 1. The molecular weight excluding hydrogens is 230 g/mol. The summed E-state index contributed by atoms with van der Waals surface area (Å²) in [7, 11) is 0. The topological polar surface area (TPSA) is 59.2 Å². The van der Waals surface area contributed by atoms with Gasteiger partial charge in [0.15, 0.2) is 0 Å². The summed E-state index contributed by atoms with van der Waals surface area (Å²) in [6, 6.07) is 0. The number of H-pyrrole nitrogens is 1. The van der Waals surface area contributed by atoms with E-state index in [1.54, 1.807) is 13.8 Å². The summed E-state index contributed by atoms with van der Waals surface area (Å²) in [6.07, 6.45) is 0.647. The van der Waals surface area contributed by atoms with Crippen molar-refractivity contribution in [1.82, 2.24) is 4.98 Å². The van der Waals surface area contributed by atoms with Gasteiger partial charge in [0.1, 0.15) is 5.56 Å². The van der Waals surface area contributed by atoms with Crippen LogP contribution in [0, 0.1) is 6.92 Å². The molecule has 0 aliphatic carbocycles. The summed E-state index contributed by atoms with van der Waals surface area (Å²) in [5.41, 5.74) is 0.846. The molecule has 0 saturated carbocycles. The lowest BCUT2D eigenvalue weighted by molar-refractivity contribution is 0.0524. The Morgan fingerprint density at radius 3 is 2.56 bits per heavy atom. The van der Waals surface area contributed by atoms with Crippen LogP contribution in [0.25, 0.3) is 0 Å². The molecule has 0 aliphatic rings. The minimum atomic E-state index is -0.677. The summed E-state index contributed by atoms with van der Waals surface area (Å²) in [6.45, 7) is 5.54. The molecule has 1 aromatic rings. The quantitative estimate of drug-likeness (QED) is 0.827. The first kappa shape index (κ1) is 12.8. The first-order chi connectivity index (χ1) is 7.52. The number of carbonyl (C=O) groups is 1. The first-order valence-corrected chi connectivity index (χ1v) is 5.49. The van der Waals surface area contributed by atoms with E-state index in [2.05, 4.69) is 4.98 Å². The number of ether oxygens (including phenoxy) is 1. The molecule has 0 aliphatic heterocycles. The van der Waals surface area contributed by atoms with Crippen LogP contribution in [0.4, 0.5) is 0 Å². The number of hydrogen-bond donors (Lipinski definition) is 1. The van der Waals surface area contributed by atoms with Gasteiger partial charge >= 0.3 is 5.97 Å². The third-order valence-electron chi connectivity index (χ3n) is 2.30. The molecular formula is C11H14ClNO3. The average Bonchev–Trinajstić information content (AvgIpc) is 2.17. The molecule has 0 atom stereocenters. The number of pyridine rings is 1. The normalized spacial score (nSPS) is 10.2. The van der Waals surface area contributed by atoms with Gasteiger partial charge in [-0.1, -0.05) is 18.5 Å². The van der Waals surface area contributed by atoms with Crippen LogP contribution < -0.4 is 5.56 Å². The van der Waals surface area contributed by atoms with Crippen LogP contribution >= 0.6 is 11.6 Å². The molecule has 5 heteroatoms. The Kier molecular flexibility index (Phi) is 4.12. The van der Waals surface area contributed by atoms with E-state index in [1.165, 1.54) is 0 Å². The number of esters is 1. The van der Waals surface area contributed by atoms with Gasteiger partial charge in [-0.05, 0) is 25.8 Å². The highest BCUT2D eigenvalue weighted by Crippen LogP contribution is 2.21. The first-order valence-electron chi connectivity index (χ1n) is 5.11. The van der Waals surface area contributed by atoms with Gasteiger partial charge in [-0.15, -0.1) is 0 Å². The summed E-state index contributed by atoms with van der Waals surface area (Å²) in [5.74, 6) is -0.677. The van der Waals surface area contributed by atoms with E-state index in [-0.39, 0.29) is 17.2 Å². The SMILES string of the molecule is CCOC(=O)c1c(Cl)c(CC)c(C)[nH]c1=O. The molecule has 0 unspecified atom stereocenters. The Labute approximate surface area is 98.6 Å². The molecule has 0 radical (unpaired) electrons. The monoisotopic (exact) mass is 243 g/mol. The number of aromatic amines is 1. The van der Waals surface area contributed by atoms with Gasteiger partial charge in [-0.3, -0.25) is 4.79 Å². The molecule has 1 rings (SSSR count). The number of halogens is 1. The Morgan fingerprint density at radius 1 is 1.44 bits per heavy atom. The second-order valence-electron chi connectivity index (χ2n) is 3.32. The van der Waals surface area contributed by atoms with Gasteiger partial charge < -0.3 is 9.72 Å². The lowest BCUT2D eigenvalue weighted by atomic mass is 10.1. The van der Waals surface area contributed by atoms with Crippen molar-refractivity contribution in [2.24, 2.45) is 0 Å². The third kappa shape index (κ3) is 2.27. The van der Waals surface area contributed by atoms with Crippen molar-refractivity contribution in [2.75, 3.05) is 6.61 Å². The van der Waals surface area contributed by atoms with E-state index in [0.717, 1.165) is 5.56 Å². The van der Waals surface area contributed by atoms with Crippen molar-refractivity contribution in [2.45, 2.75) is 27.2 Å². The predicted octanol–water partition coefficient (Wildman–Crippen LogP) is 2.08. The lowest BCUT2D eigenvalue weighted by Gasteiger charge is -2.09. The van der Waals surface area contributed by atoms with Crippen LogP contribution in [0.5, 0.6) is 0 Å². The van der Waals surface area contributed by atoms with Gasteiger partial charge in [-0.25, -0.2) is 4.79 Å². The maximum Gasteiger partial charge on any atom is 0.345 e. The molecule has 1 aromatic heterocycles. The summed E-state index contributed by atoms with van der Waals surface area (Å²) in [4.78, 5) is 25.7. The number of rotatable bonds is 3. The van der Waals surface area contributed by atoms with E-state index in [0.29, 0.717) is 12.1 Å². The van der Waals surface area contributed by atoms with Crippen LogP contribution in [0.2, 0.25) is 5.02 Å². The largest absolute Gasteiger partial charge is 0.462 e. The second-order valence-corrected chi connectivity index (χ2v) is 3.70. The molecule has 88 valence electrons. The second kappa shape index (κ2) is 5.16. The van der Waals surface area contributed by atoms with E-state index >= 15 is 0 Å². The highest BCUT2D eigenvalue weighted by molar-refractivity contribution is 6.34. The zero-order valence-electron chi connectivity index (χ0n) is 9.52. The van der Waals surface area contributed by atoms with Crippen LogP contribution in [0.1, 0.15) is 35.5 Å². The number of hydrogen-bond acceptors (Lipinski definition) is 3. The van der Waals surface area contributed by atoms with Crippen molar-refractivity contribution in [3.63, 3.8) is 0 Å². The third-order valence-corrected chi connectivity index (χ3v) is 2.72. The van der Waals surface area contributed by atoms with Crippen LogP contribution in [0.3, 0.4) is 0 Å². The van der Waals surface area contributed by atoms with Crippen molar-refractivity contribution in [3.05, 3.63) is 32.2 Å². The minimum Gasteiger partial charge on any atom is -0.462 e. The van der Waals surface area contributed by atoms with Crippen molar-refractivity contribution < 1.29 is 9.53 Å². The summed E-state index contributed by atoms with van der Waals surface area (Å²) in [5, 5.41) is 0.196. The van der Waals surface area contributed by atoms with Gasteiger partial charge in [0.25, 0.3) is 5.56 Å². The lowest BCUT2D eigenvalue weighted by Crippen LogP contribution is -2.22. The van der Waals surface area contributed by atoms with Crippen molar-refractivity contribution >= 4 is 17.6 Å². The van der Waals surface area contributed by atoms with Crippen molar-refractivity contribution in [3.8, 4) is 0 Å². The summed E-state index contributed by atoms with van der Waals surface area (Å²) >= 11 is 6.03. The van der Waals surface area contributed by atoms with E-state index in [1.807, 2.05) is 6.92 Å². The molecule has 1 N–H and O–H groups in total. The zero-order chi connectivity index (χ0) is 12.3. The fourth-order valence-electron chi connectivity index (χ4n) is 1.53. The Bertz CT molecular complexity index is 465. The number of aromatic nitrogens is 1. The van der Waals surface area contributed by atoms with Gasteiger partial charge in [0.2, 0.25) is 0 Å². The maximum atomic E-state index is 11.6. The molecule has 1 heterocycles. The molecule has 4 nitrogen and oxygen atoms in total. The molecule has 0 amide bonds. The average molecular weight is 244 g/mol. The Hall–Kier alpha value is -1.29. The number of nitrogens with one attached hydrogen (secondary N) is 1. The van der Waals surface area contributed by atoms with Crippen LogP contribution in [-0.2, 0) is 11.2 Å². The fourth-order valence-corrected chi connectivity index (χ4v) is 1.97. The highest BCUT2D eigenvalue weighted by Gasteiger charge is 2.20. The summed E-state index contributed by atoms with van der Waals surface area (Å²) < 4.78 is 4.79. The Balaban J connectivity index is 3.39. The molecule has 16 heavy (non-hydrogen) atoms. The van der Waals surface area contributed by atoms with Crippen LogP contribution in [0.15, 0.2) is 4.79 Å². The van der Waals surface area contributed by atoms with E-state index in [4.69, 9.17) is 16.3 Å². The molecule has 0 saturated heterocycles. The molecule has 0 aromatic carbocycles. The predicted molar refractivity (Wildman–Crippen MR) is 62.1 cm³/mol. The molecule has 0 spiro atoms. The maximum absolute atomic E-state index is 11.6. The van der Waals surface area contributed by atoms with E-state index < -0.39 is 11.5 Å². The Morgan fingerprint density at radius 2 is 2.06 bits per heavy atom. The fraction of sp³-hybridized carbons (Fsp3) is 0.455. The molecule has 0 bridgehead atoms. The molecule has 0 fully saturated rings. The van der Waals surface area contributed by atoms with E-state index in [9.17, 15) is 9.59 Å². The zero-order valence-corrected chi connectivity index (χ0v) is 10.3. The van der Waals surface area contributed by atoms with Crippen molar-refractivity contribution in [1.29, 1.82) is 0 Å². The minimum absolute atomic E-state index is 0.106. The smallest absolute Gasteiger partial charge is 0.345 e. The van der Waals surface area contributed by atoms with Gasteiger partial charge in [0, 0.05) is 5.69 Å². The van der Waals surface area contributed by atoms with Gasteiger partial charge in [-0.2, -0.15) is 0 Å². The number of aryl methyl sites for hydroxylation is 1. The van der Waals surface area contributed by atoms with Crippen LogP contribution in [-0.4, -0.2) is 17.6 Å². The standard InChI is InChI=1S/C11H14ClNO3/c1-4-7-6(3)13-10(14)8(9(7)12)11(15)16-5-2/h4-5H2,1-3H3,(H,13,14).